The van der Waals surface area contributed by atoms with Gasteiger partial charge in [-0.05, 0) is 40.6 Å². The zero-order valence-corrected chi connectivity index (χ0v) is 12.4. The third-order valence-corrected chi connectivity index (χ3v) is 4.25. The van der Waals surface area contributed by atoms with Crippen molar-refractivity contribution < 1.29 is 9.90 Å². The standard InChI is InChI=1S/C12H16N6O2S/c1-7(2)10(11(20)14-13)21-12-15-16-17-18(12)8-3-5-9(19)6-4-8/h3-7,10,19H,13H2,1-2H3,(H,14,20). The summed E-state index contributed by atoms with van der Waals surface area (Å²) in [7, 11) is 0. The number of benzene rings is 1. The van der Waals surface area contributed by atoms with Crippen LogP contribution < -0.4 is 11.3 Å². The van der Waals surface area contributed by atoms with Gasteiger partial charge in [0.05, 0.1) is 10.9 Å². The van der Waals surface area contributed by atoms with E-state index in [1.165, 1.54) is 28.6 Å². The number of phenolic OH excluding ortho intramolecular Hbond substituents is 1. The number of phenols is 1. The van der Waals surface area contributed by atoms with Gasteiger partial charge in [-0.15, -0.1) is 5.10 Å². The highest BCUT2D eigenvalue weighted by molar-refractivity contribution is 8.00. The molecular weight excluding hydrogens is 292 g/mol. The van der Waals surface area contributed by atoms with E-state index in [4.69, 9.17) is 5.84 Å². The summed E-state index contributed by atoms with van der Waals surface area (Å²) in [6.07, 6.45) is 0. The Hall–Kier alpha value is -2.13. The molecule has 0 aliphatic carbocycles. The smallest absolute Gasteiger partial charge is 0.247 e. The molecule has 1 atom stereocenters. The number of aromatic hydroxyl groups is 1. The minimum Gasteiger partial charge on any atom is -0.508 e. The number of tetrazole rings is 1. The highest BCUT2D eigenvalue weighted by Crippen LogP contribution is 2.28. The van der Waals surface area contributed by atoms with Crippen LogP contribution in [-0.2, 0) is 4.79 Å². The lowest BCUT2D eigenvalue weighted by Gasteiger charge is -2.17. The third-order valence-electron chi connectivity index (χ3n) is 2.77. The van der Waals surface area contributed by atoms with Crippen LogP contribution in [0.15, 0.2) is 29.4 Å². The molecule has 9 heteroatoms. The van der Waals surface area contributed by atoms with Crippen LogP contribution >= 0.6 is 11.8 Å². The highest BCUT2D eigenvalue weighted by Gasteiger charge is 2.25. The zero-order valence-electron chi connectivity index (χ0n) is 11.6. The van der Waals surface area contributed by atoms with Crippen molar-refractivity contribution in [2.24, 2.45) is 11.8 Å². The summed E-state index contributed by atoms with van der Waals surface area (Å²) in [6.45, 7) is 3.84. The highest BCUT2D eigenvalue weighted by atomic mass is 32.2. The molecule has 0 aliphatic heterocycles. The summed E-state index contributed by atoms with van der Waals surface area (Å²) < 4.78 is 1.50. The molecule has 0 bridgehead atoms. The SMILES string of the molecule is CC(C)C(Sc1nnnn1-c1ccc(O)cc1)C(=O)NN. The molecule has 112 valence electrons. The third kappa shape index (κ3) is 3.50. The van der Waals surface area contributed by atoms with Crippen molar-refractivity contribution in [3.8, 4) is 11.4 Å². The number of amides is 1. The first-order valence-corrected chi connectivity index (χ1v) is 7.15. The van der Waals surface area contributed by atoms with Gasteiger partial charge in [0.2, 0.25) is 11.1 Å². The van der Waals surface area contributed by atoms with Crippen LogP contribution in [0.25, 0.3) is 5.69 Å². The van der Waals surface area contributed by atoms with E-state index in [-0.39, 0.29) is 17.6 Å². The maximum atomic E-state index is 11.8. The van der Waals surface area contributed by atoms with Gasteiger partial charge in [-0.3, -0.25) is 10.2 Å². The van der Waals surface area contributed by atoms with Crippen molar-refractivity contribution in [1.29, 1.82) is 0 Å². The number of nitrogens with two attached hydrogens (primary N) is 1. The van der Waals surface area contributed by atoms with E-state index >= 15 is 0 Å². The number of hydrogen-bond donors (Lipinski definition) is 3. The second-order valence-corrected chi connectivity index (χ2v) is 5.79. The molecule has 1 heterocycles. The average Bonchev–Trinajstić information content (AvgIpc) is 2.92. The van der Waals surface area contributed by atoms with Crippen molar-refractivity contribution in [3.63, 3.8) is 0 Å². The van der Waals surface area contributed by atoms with E-state index in [1.54, 1.807) is 12.1 Å². The Morgan fingerprint density at radius 1 is 1.38 bits per heavy atom. The average molecular weight is 308 g/mol. The fourth-order valence-corrected chi connectivity index (χ4v) is 2.70. The number of nitrogens with one attached hydrogen (secondary N) is 1. The first-order valence-electron chi connectivity index (χ1n) is 6.28. The van der Waals surface area contributed by atoms with Gasteiger partial charge in [0.1, 0.15) is 5.75 Å². The van der Waals surface area contributed by atoms with Crippen LogP contribution in [-0.4, -0.2) is 36.5 Å². The van der Waals surface area contributed by atoms with Crippen LogP contribution in [0.1, 0.15) is 13.8 Å². The van der Waals surface area contributed by atoms with E-state index in [0.717, 1.165) is 0 Å². The van der Waals surface area contributed by atoms with Crippen LogP contribution in [0.5, 0.6) is 5.75 Å². The van der Waals surface area contributed by atoms with Gasteiger partial charge in [0.15, 0.2) is 0 Å². The van der Waals surface area contributed by atoms with E-state index < -0.39 is 5.25 Å². The van der Waals surface area contributed by atoms with Crippen molar-refractivity contribution in [3.05, 3.63) is 24.3 Å². The Kier molecular flexibility index (Phi) is 4.76. The molecule has 0 radical (unpaired) electrons. The number of carbonyl (C=O) groups is 1. The van der Waals surface area contributed by atoms with Crippen molar-refractivity contribution >= 4 is 17.7 Å². The molecule has 1 unspecified atom stereocenters. The first-order chi connectivity index (χ1) is 10.0. The van der Waals surface area contributed by atoms with Crippen molar-refractivity contribution in [2.75, 3.05) is 0 Å². The molecular formula is C12H16N6O2S. The Morgan fingerprint density at radius 2 is 2.05 bits per heavy atom. The van der Waals surface area contributed by atoms with E-state index in [2.05, 4.69) is 21.0 Å². The van der Waals surface area contributed by atoms with Crippen LogP contribution in [0.2, 0.25) is 0 Å². The molecule has 1 aromatic heterocycles. The van der Waals surface area contributed by atoms with Gasteiger partial charge in [0.25, 0.3) is 0 Å². The van der Waals surface area contributed by atoms with Gasteiger partial charge in [0, 0.05) is 0 Å². The summed E-state index contributed by atoms with van der Waals surface area (Å²) >= 11 is 1.23. The lowest BCUT2D eigenvalue weighted by atomic mass is 10.1. The Balaban J connectivity index is 2.27. The summed E-state index contributed by atoms with van der Waals surface area (Å²) in [6, 6.07) is 6.45. The Morgan fingerprint density at radius 3 is 2.62 bits per heavy atom. The number of carbonyl (C=O) groups excluding carboxylic acids is 1. The molecule has 0 spiro atoms. The Labute approximate surface area is 125 Å². The molecule has 0 saturated carbocycles. The predicted octanol–water partition coefficient (Wildman–Crippen LogP) is 0.474. The summed E-state index contributed by atoms with van der Waals surface area (Å²) in [5, 5.41) is 20.9. The van der Waals surface area contributed by atoms with Gasteiger partial charge >= 0.3 is 0 Å². The predicted molar refractivity (Wildman–Crippen MR) is 77.6 cm³/mol. The second-order valence-electron chi connectivity index (χ2n) is 4.68. The second kappa shape index (κ2) is 6.55. The summed E-state index contributed by atoms with van der Waals surface area (Å²) in [4.78, 5) is 11.8. The largest absolute Gasteiger partial charge is 0.508 e. The minimum atomic E-state index is -0.406. The number of aromatic nitrogens is 4. The number of nitrogens with zero attached hydrogens (tertiary/aromatic N) is 4. The normalized spacial score (nSPS) is 12.4. The number of rotatable bonds is 5. The number of thioether (sulfide) groups is 1. The molecule has 0 aliphatic rings. The monoisotopic (exact) mass is 308 g/mol. The molecule has 1 aromatic carbocycles. The summed E-state index contributed by atoms with van der Waals surface area (Å²) in [5.41, 5.74) is 2.85. The Bertz CT molecular complexity index is 612. The molecule has 2 aromatic rings. The molecule has 2 rings (SSSR count). The van der Waals surface area contributed by atoms with Gasteiger partial charge in [-0.2, -0.15) is 4.68 Å². The minimum absolute atomic E-state index is 0.0588. The number of hydrazine groups is 1. The van der Waals surface area contributed by atoms with E-state index in [1.807, 2.05) is 13.8 Å². The van der Waals surface area contributed by atoms with Crippen molar-refractivity contribution in [1.82, 2.24) is 25.6 Å². The molecule has 0 fully saturated rings. The van der Waals surface area contributed by atoms with Gasteiger partial charge < -0.3 is 5.11 Å². The van der Waals surface area contributed by atoms with E-state index in [9.17, 15) is 9.90 Å². The first kappa shape index (κ1) is 15.3. The maximum absolute atomic E-state index is 11.8. The fourth-order valence-electron chi connectivity index (χ4n) is 1.70. The van der Waals surface area contributed by atoms with Crippen LogP contribution in [0.3, 0.4) is 0 Å². The molecule has 21 heavy (non-hydrogen) atoms. The molecule has 0 saturated heterocycles. The molecule has 4 N–H and O–H groups in total. The van der Waals surface area contributed by atoms with Gasteiger partial charge in [-0.25, -0.2) is 5.84 Å². The van der Waals surface area contributed by atoms with Crippen LogP contribution in [0, 0.1) is 5.92 Å². The summed E-state index contributed by atoms with van der Waals surface area (Å²) in [5.74, 6) is 5.14. The number of hydrogen-bond acceptors (Lipinski definition) is 7. The quantitative estimate of drug-likeness (QED) is 0.318. The molecule has 8 nitrogen and oxygen atoms in total. The maximum Gasteiger partial charge on any atom is 0.247 e. The lowest BCUT2D eigenvalue weighted by Crippen LogP contribution is -2.40. The van der Waals surface area contributed by atoms with Crippen LogP contribution in [0.4, 0.5) is 0 Å². The van der Waals surface area contributed by atoms with Crippen molar-refractivity contribution in [2.45, 2.75) is 24.3 Å². The van der Waals surface area contributed by atoms with Gasteiger partial charge in [-0.1, -0.05) is 25.6 Å². The molecule has 1 amide bonds. The lowest BCUT2D eigenvalue weighted by molar-refractivity contribution is -0.121. The zero-order chi connectivity index (χ0) is 15.4. The van der Waals surface area contributed by atoms with E-state index in [0.29, 0.717) is 10.8 Å². The topological polar surface area (TPSA) is 119 Å². The fraction of sp³-hybridized carbons (Fsp3) is 0.333.